The number of aromatic nitrogens is 2. The van der Waals surface area contributed by atoms with Gasteiger partial charge in [-0.05, 0) is 20.8 Å². The van der Waals surface area contributed by atoms with Crippen molar-refractivity contribution in [1.82, 2.24) is 15.3 Å². The summed E-state index contributed by atoms with van der Waals surface area (Å²) in [7, 11) is 0. The lowest BCUT2D eigenvalue weighted by molar-refractivity contribution is 0.0759. The quantitative estimate of drug-likeness (QED) is 0.721. The molecule has 0 amide bonds. The first-order valence-electron chi connectivity index (χ1n) is 5.05. The van der Waals surface area contributed by atoms with Crippen molar-refractivity contribution in [3.05, 3.63) is 17.7 Å². The topological polar surface area (TPSA) is 49.9 Å². The van der Waals surface area contributed by atoms with E-state index in [-0.39, 0.29) is 6.10 Å². The summed E-state index contributed by atoms with van der Waals surface area (Å²) in [5.41, 5.74) is 1.12. The average Bonchev–Trinajstić information content (AvgIpc) is 2.52. The van der Waals surface area contributed by atoms with Crippen LogP contribution < -0.4 is 5.32 Å². The van der Waals surface area contributed by atoms with E-state index in [1.54, 1.807) is 0 Å². The van der Waals surface area contributed by atoms with Crippen molar-refractivity contribution >= 4 is 0 Å². The number of ether oxygens (including phenoxy) is 1. The van der Waals surface area contributed by atoms with Gasteiger partial charge in [0.15, 0.2) is 0 Å². The Hall–Kier alpha value is -0.870. The molecule has 0 spiro atoms. The first kappa shape index (κ1) is 11.2. The van der Waals surface area contributed by atoms with Crippen LogP contribution in [0.15, 0.2) is 6.20 Å². The van der Waals surface area contributed by atoms with Crippen molar-refractivity contribution in [3.8, 4) is 0 Å². The SMILES string of the molecule is CCOC(C)CNCc1cnc(C)[nH]1. The van der Waals surface area contributed by atoms with E-state index in [0.29, 0.717) is 0 Å². The average molecular weight is 197 g/mol. The number of hydrogen-bond acceptors (Lipinski definition) is 3. The molecule has 0 saturated carbocycles. The molecule has 1 unspecified atom stereocenters. The van der Waals surface area contributed by atoms with Crippen LogP contribution in [0.2, 0.25) is 0 Å². The predicted octanol–water partition coefficient (Wildman–Crippen LogP) is 1.23. The fourth-order valence-electron chi connectivity index (χ4n) is 1.32. The Kier molecular flexibility index (Phi) is 4.62. The lowest BCUT2D eigenvalue weighted by Crippen LogP contribution is -2.26. The molecule has 1 aromatic rings. The predicted molar refractivity (Wildman–Crippen MR) is 56.1 cm³/mol. The highest BCUT2D eigenvalue weighted by Crippen LogP contribution is 1.95. The number of aromatic amines is 1. The van der Waals surface area contributed by atoms with Gasteiger partial charge in [0.05, 0.1) is 6.10 Å². The van der Waals surface area contributed by atoms with Crippen LogP contribution in [0.5, 0.6) is 0 Å². The molecule has 0 aliphatic rings. The minimum atomic E-state index is 0.268. The normalized spacial score (nSPS) is 13.1. The largest absolute Gasteiger partial charge is 0.377 e. The summed E-state index contributed by atoms with van der Waals surface area (Å²) in [4.78, 5) is 7.29. The molecule has 4 heteroatoms. The maximum Gasteiger partial charge on any atom is 0.103 e. The lowest BCUT2D eigenvalue weighted by Gasteiger charge is -2.11. The molecule has 4 nitrogen and oxygen atoms in total. The standard InChI is InChI=1S/C10H19N3O/c1-4-14-8(2)5-11-6-10-7-12-9(3)13-10/h7-8,11H,4-6H2,1-3H3,(H,12,13). The summed E-state index contributed by atoms with van der Waals surface area (Å²) >= 11 is 0. The molecule has 0 radical (unpaired) electrons. The third kappa shape index (κ3) is 3.89. The van der Waals surface area contributed by atoms with Gasteiger partial charge in [-0.15, -0.1) is 0 Å². The zero-order valence-corrected chi connectivity index (χ0v) is 9.13. The van der Waals surface area contributed by atoms with E-state index in [4.69, 9.17) is 4.74 Å². The van der Waals surface area contributed by atoms with E-state index in [1.165, 1.54) is 0 Å². The van der Waals surface area contributed by atoms with Crippen molar-refractivity contribution in [1.29, 1.82) is 0 Å². The van der Waals surface area contributed by atoms with Crippen molar-refractivity contribution < 1.29 is 4.74 Å². The maximum absolute atomic E-state index is 5.40. The van der Waals surface area contributed by atoms with Crippen LogP contribution in [0.25, 0.3) is 0 Å². The Morgan fingerprint density at radius 1 is 1.64 bits per heavy atom. The van der Waals surface area contributed by atoms with Gasteiger partial charge in [0.2, 0.25) is 0 Å². The first-order valence-corrected chi connectivity index (χ1v) is 5.05. The molecule has 2 N–H and O–H groups in total. The number of imidazole rings is 1. The summed E-state index contributed by atoms with van der Waals surface area (Å²) in [5.74, 6) is 0.958. The molecule has 0 aliphatic heterocycles. The molecule has 80 valence electrons. The number of hydrogen-bond donors (Lipinski definition) is 2. The molecule has 0 aliphatic carbocycles. The molecule has 1 rings (SSSR count). The Balaban J connectivity index is 2.15. The summed E-state index contributed by atoms with van der Waals surface area (Å²) < 4.78 is 5.40. The smallest absolute Gasteiger partial charge is 0.103 e. The zero-order chi connectivity index (χ0) is 10.4. The highest BCUT2D eigenvalue weighted by atomic mass is 16.5. The molecule has 1 atom stereocenters. The summed E-state index contributed by atoms with van der Waals surface area (Å²) in [6.45, 7) is 8.48. The van der Waals surface area contributed by atoms with Gasteiger partial charge in [-0.25, -0.2) is 4.98 Å². The van der Waals surface area contributed by atoms with Crippen LogP contribution >= 0.6 is 0 Å². The summed E-state index contributed by atoms with van der Waals surface area (Å²) in [6.07, 6.45) is 2.12. The third-order valence-electron chi connectivity index (χ3n) is 1.95. The second-order valence-electron chi connectivity index (χ2n) is 3.39. The zero-order valence-electron chi connectivity index (χ0n) is 9.13. The van der Waals surface area contributed by atoms with Crippen LogP contribution in [-0.4, -0.2) is 29.2 Å². The van der Waals surface area contributed by atoms with Crippen LogP contribution in [0, 0.1) is 6.92 Å². The minimum absolute atomic E-state index is 0.268. The van der Waals surface area contributed by atoms with E-state index in [0.717, 1.165) is 31.2 Å². The van der Waals surface area contributed by atoms with Gasteiger partial charge < -0.3 is 15.0 Å². The highest BCUT2D eigenvalue weighted by molar-refractivity contribution is 4.99. The molecule has 0 saturated heterocycles. The van der Waals surface area contributed by atoms with Crippen molar-refractivity contribution in [2.24, 2.45) is 0 Å². The molecule has 14 heavy (non-hydrogen) atoms. The van der Waals surface area contributed by atoms with E-state index in [1.807, 2.05) is 20.0 Å². The van der Waals surface area contributed by atoms with Gasteiger partial charge in [0.25, 0.3) is 0 Å². The second kappa shape index (κ2) is 5.78. The van der Waals surface area contributed by atoms with Crippen molar-refractivity contribution in [2.75, 3.05) is 13.2 Å². The Labute approximate surface area is 85.1 Å². The number of nitrogens with one attached hydrogen (secondary N) is 2. The molecule has 1 heterocycles. The van der Waals surface area contributed by atoms with Gasteiger partial charge in [-0.2, -0.15) is 0 Å². The summed E-state index contributed by atoms with van der Waals surface area (Å²) in [6, 6.07) is 0. The van der Waals surface area contributed by atoms with Crippen LogP contribution in [0.1, 0.15) is 25.4 Å². The van der Waals surface area contributed by atoms with E-state index >= 15 is 0 Å². The maximum atomic E-state index is 5.40. The van der Waals surface area contributed by atoms with Crippen molar-refractivity contribution in [3.63, 3.8) is 0 Å². The minimum Gasteiger partial charge on any atom is -0.377 e. The first-order chi connectivity index (χ1) is 6.72. The van der Waals surface area contributed by atoms with Crippen LogP contribution in [0.3, 0.4) is 0 Å². The lowest BCUT2D eigenvalue weighted by atomic mass is 10.4. The third-order valence-corrected chi connectivity index (χ3v) is 1.95. The fraction of sp³-hybridized carbons (Fsp3) is 0.700. The van der Waals surface area contributed by atoms with Gasteiger partial charge in [0, 0.05) is 31.6 Å². The number of H-pyrrole nitrogens is 1. The summed E-state index contributed by atoms with van der Waals surface area (Å²) in [5, 5.41) is 3.30. The van der Waals surface area contributed by atoms with E-state index < -0.39 is 0 Å². The Bertz CT molecular complexity index is 260. The number of nitrogens with zero attached hydrogens (tertiary/aromatic N) is 1. The molecule has 0 bridgehead atoms. The monoisotopic (exact) mass is 197 g/mol. The molecule has 0 fully saturated rings. The molecular formula is C10H19N3O. The highest BCUT2D eigenvalue weighted by Gasteiger charge is 2.00. The van der Waals surface area contributed by atoms with Crippen LogP contribution in [0.4, 0.5) is 0 Å². The van der Waals surface area contributed by atoms with Crippen molar-refractivity contribution in [2.45, 2.75) is 33.4 Å². The Morgan fingerprint density at radius 2 is 2.43 bits per heavy atom. The molecule has 1 aromatic heterocycles. The van der Waals surface area contributed by atoms with E-state index in [2.05, 4.69) is 22.2 Å². The van der Waals surface area contributed by atoms with Gasteiger partial charge in [-0.1, -0.05) is 0 Å². The van der Waals surface area contributed by atoms with Gasteiger partial charge in [0.1, 0.15) is 5.82 Å². The number of rotatable bonds is 6. The molecule has 0 aromatic carbocycles. The van der Waals surface area contributed by atoms with E-state index in [9.17, 15) is 0 Å². The second-order valence-corrected chi connectivity index (χ2v) is 3.39. The Morgan fingerprint density at radius 3 is 3.00 bits per heavy atom. The molecular weight excluding hydrogens is 178 g/mol. The van der Waals surface area contributed by atoms with Crippen LogP contribution in [-0.2, 0) is 11.3 Å². The number of aryl methyl sites for hydroxylation is 1. The fourth-order valence-corrected chi connectivity index (χ4v) is 1.32. The van der Waals surface area contributed by atoms with Gasteiger partial charge in [-0.3, -0.25) is 0 Å². The van der Waals surface area contributed by atoms with Gasteiger partial charge >= 0.3 is 0 Å².